The van der Waals surface area contributed by atoms with Gasteiger partial charge in [-0.3, -0.25) is 4.90 Å². The maximum absolute atomic E-state index is 11.0. The van der Waals surface area contributed by atoms with Gasteiger partial charge in [0.2, 0.25) is 0 Å². The average Bonchev–Trinajstić information content (AvgIpc) is 2.12. The number of allylic oxidation sites excluding steroid dienone is 1. The molecule has 82 valence electrons. The molecule has 0 aromatic rings. The molecule has 0 unspecified atom stereocenters. The van der Waals surface area contributed by atoms with Crippen molar-refractivity contribution in [1.82, 2.24) is 4.90 Å². The summed E-state index contributed by atoms with van der Waals surface area (Å²) in [7, 11) is 0. The van der Waals surface area contributed by atoms with Crippen molar-refractivity contribution in [3.8, 4) is 0 Å². The average molecular weight is 199 g/mol. The highest BCUT2D eigenvalue weighted by molar-refractivity contribution is 5.81. The maximum atomic E-state index is 11.0. The van der Waals surface area contributed by atoms with E-state index in [2.05, 4.69) is 25.7 Å². The molecule has 0 N–H and O–H groups in total. The van der Waals surface area contributed by atoms with Crippen LogP contribution in [0.15, 0.2) is 12.2 Å². The fourth-order valence-corrected chi connectivity index (χ4v) is 1.23. The van der Waals surface area contributed by atoms with Crippen LogP contribution in [0.25, 0.3) is 0 Å². The lowest BCUT2D eigenvalue weighted by Gasteiger charge is -2.24. The third kappa shape index (κ3) is 5.75. The van der Waals surface area contributed by atoms with Crippen molar-refractivity contribution in [3.05, 3.63) is 12.2 Å². The predicted octanol–water partition coefficient (Wildman–Crippen LogP) is 1.84. The lowest BCUT2D eigenvalue weighted by molar-refractivity contribution is -0.138. The zero-order chi connectivity index (χ0) is 11.0. The molecule has 3 nitrogen and oxygen atoms in total. The third-order valence-electron chi connectivity index (χ3n) is 2.06. The van der Waals surface area contributed by atoms with E-state index in [9.17, 15) is 4.79 Å². The first-order valence-electron chi connectivity index (χ1n) is 5.15. The Morgan fingerprint density at radius 2 is 2.14 bits per heavy atom. The quantitative estimate of drug-likeness (QED) is 0.483. The summed E-state index contributed by atoms with van der Waals surface area (Å²) in [5.41, 5.74) is 0. The van der Waals surface area contributed by atoms with Crippen LogP contribution in [0.3, 0.4) is 0 Å². The zero-order valence-corrected chi connectivity index (χ0v) is 9.62. The van der Waals surface area contributed by atoms with Gasteiger partial charge < -0.3 is 4.74 Å². The Morgan fingerprint density at radius 3 is 2.57 bits per heavy atom. The van der Waals surface area contributed by atoms with Gasteiger partial charge in [-0.2, -0.15) is 0 Å². The second kappa shape index (κ2) is 7.56. The summed E-state index contributed by atoms with van der Waals surface area (Å²) in [5.74, 6) is -0.257. The fourth-order valence-electron chi connectivity index (χ4n) is 1.23. The van der Waals surface area contributed by atoms with E-state index < -0.39 is 0 Å². The Kier molecular flexibility index (Phi) is 7.11. The van der Waals surface area contributed by atoms with E-state index in [0.29, 0.717) is 12.6 Å². The van der Waals surface area contributed by atoms with Gasteiger partial charge in [0.05, 0.1) is 0 Å². The number of ether oxygens (including phenoxy) is 1. The first-order chi connectivity index (χ1) is 6.61. The van der Waals surface area contributed by atoms with Crippen LogP contribution >= 0.6 is 0 Å². The fraction of sp³-hybridized carbons (Fsp3) is 0.727. The van der Waals surface area contributed by atoms with Crippen LogP contribution in [0.5, 0.6) is 0 Å². The molecule has 14 heavy (non-hydrogen) atoms. The lowest BCUT2D eigenvalue weighted by atomic mass is 10.3. The Bertz CT molecular complexity index is 188. The second-order valence-corrected chi connectivity index (χ2v) is 3.39. The Morgan fingerprint density at radius 1 is 1.50 bits per heavy atom. The number of carbonyl (C=O) groups excluding carboxylic acids is 1. The van der Waals surface area contributed by atoms with Crippen molar-refractivity contribution in [2.24, 2.45) is 0 Å². The van der Waals surface area contributed by atoms with Gasteiger partial charge in [0.25, 0.3) is 0 Å². The molecule has 0 saturated heterocycles. The minimum absolute atomic E-state index is 0.257. The topological polar surface area (TPSA) is 29.5 Å². The van der Waals surface area contributed by atoms with Crippen LogP contribution in [0.4, 0.5) is 0 Å². The molecule has 0 heterocycles. The van der Waals surface area contributed by atoms with E-state index >= 15 is 0 Å². The molecule has 0 saturated carbocycles. The van der Waals surface area contributed by atoms with Crippen LogP contribution in [0, 0.1) is 0 Å². The van der Waals surface area contributed by atoms with Gasteiger partial charge >= 0.3 is 5.97 Å². The maximum Gasteiger partial charge on any atom is 0.330 e. The van der Waals surface area contributed by atoms with Gasteiger partial charge in [-0.05, 0) is 27.3 Å². The number of hydrogen-bond acceptors (Lipinski definition) is 3. The molecule has 3 heteroatoms. The molecule has 0 amide bonds. The van der Waals surface area contributed by atoms with Crippen LogP contribution in [-0.4, -0.2) is 36.6 Å². The highest BCUT2D eigenvalue weighted by Crippen LogP contribution is 1.96. The minimum atomic E-state index is -0.257. The number of nitrogens with zero attached hydrogens (tertiary/aromatic N) is 1. The number of esters is 1. The van der Waals surface area contributed by atoms with Crippen molar-refractivity contribution < 1.29 is 9.53 Å². The predicted molar refractivity (Wildman–Crippen MR) is 58.2 cm³/mol. The summed E-state index contributed by atoms with van der Waals surface area (Å²) in [5, 5.41) is 0. The smallest absolute Gasteiger partial charge is 0.330 e. The molecule has 0 spiro atoms. The molecule has 0 aromatic heterocycles. The number of rotatable bonds is 6. The van der Waals surface area contributed by atoms with E-state index in [-0.39, 0.29) is 5.97 Å². The van der Waals surface area contributed by atoms with Crippen molar-refractivity contribution >= 4 is 5.97 Å². The second-order valence-electron chi connectivity index (χ2n) is 3.39. The molecule has 0 aliphatic heterocycles. The Balaban J connectivity index is 3.66. The van der Waals surface area contributed by atoms with E-state index in [4.69, 9.17) is 4.74 Å². The number of carbonyl (C=O) groups is 1. The van der Waals surface area contributed by atoms with E-state index in [1.807, 2.05) is 0 Å². The molecule has 0 atom stereocenters. The van der Waals surface area contributed by atoms with Gasteiger partial charge in [0, 0.05) is 18.7 Å². The van der Waals surface area contributed by atoms with Gasteiger partial charge in [-0.1, -0.05) is 13.0 Å². The summed E-state index contributed by atoms with van der Waals surface area (Å²) in [6.07, 6.45) is 3.12. The molecule has 0 aliphatic carbocycles. The van der Waals surface area contributed by atoms with Crippen molar-refractivity contribution in [3.63, 3.8) is 0 Å². The molecule has 0 rings (SSSR count). The van der Waals surface area contributed by atoms with Crippen LogP contribution in [0.1, 0.15) is 27.7 Å². The number of likely N-dealkylation sites (N-methyl/N-ethyl adjacent to an activating group) is 1. The first kappa shape index (κ1) is 13.2. The monoisotopic (exact) mass is 199 g/mol. The molecule has 0 fully saturated rings. The Labute approximate surface area is 86.7 Å². The van der Waals surface area contributed by atoms with Crippen molar-refractivity contribution in [2.75, 3.05) is 19.7 Å². The first-order valence-corrected chi connectivity index (χ1v) is 5.15. The Hall–Kier alpha value is -0.830. The summed E-state index contributed by atoms with van der Waals surface area (Å²) in [6, 6.07) is 0.500. The highest BCUT2D eigenvalue weighted by Gasteiger charge is 2.06. The molecular weight excluding hydrogens is 178 g/mol. The van der Waals surface area contributed by atoms with Gasteiger partial charge in [0.1, 0.15) is 6.61 Å². The van der Waals surface area contributed by atoms with Gasteiger partial charge in [0.15, 0.2) is 0 Å². The van der Waals surface area contributed by atoms with Crippen LogP contribution in [-0.2, 0) is 9.53 Å². The van der Waals surface area contributed by atoms with E-state index in [0.717, 1.165) is 13.1 Å². The lowest BCUT2D eigenvalue weighted by Crippen LogP contribution is -2.34. The standard InChI is InChI=1S/C11H21NO2/c1-5-7-11(13)14-9-8-12(6-2)10(3)4/h5,7,10H,6,8-9H2,1-4H3/b7-5+. The minimum Gasteiger partial charge on any atom is -0.461 e. The number of hydrogen-bond donors (Lipinski definition) is 0. The summed E-state index contributed by atoms with van der Waals surface area (Å²) in [4.78, 5) is 13.2. The van der Waals surface area contributed by atoms with Gasteiger partial charge in [-0.25, -0.2) is 4.79 Å². The van der Waals surface area contributed by atoms with Crippen LogP contribution < -0.4 is 0 Å². The molecule has 0 radical (unpaired) electrons. The molecule has 0 aromatic carbocycles. The summed E-state index contributed by atoms with van der Waals surface area (Å²) >= 11 is 0. The molecular formula is C11H21NO2. The SMILES string of the molecule is C/C=C/C(=O)OCCN(CC)C(C)C. The van der Waals surface area contributed by atoms with Crippen molar-refractivity contribution in [2.45, 2.75) is 33.7 Å². The highest BCUT2D eigenvalue weighted by atomic mass is 16.5. The summed E-state index contributed by atoms with van der Waals surface area (Å²) < 4.78 is 5.00. The van der Waals surface area contributed by atoms with E-state index in [1.165, 1.54) is 6.08 Å². The largest absolute Gasteiger partial charge is 0.461 e. The zero-order valence-electron chi connectivity index (χ0n) is 9.62. The normalized spacial score (nSPS) is 11.6. The van der Waals surface area contributed by atoms with Crippen molar-refractivity contribution in [1.29, 1.82) is 0 Å². The molecule has 0 bridgehead atoms. The van der Waals surface area contributed by atoms with Gasteiger partial charge in [-0.15, -0.1) is 0 Å². The molecule has 0 aliphatic rings. The van der Waals surface area contributed by atoms with E-state index in [1.54, 1.807) is 13.0 Å². The summed E-state index contributed by atoms with van der Waals surface area (Å²) in [6.45, 7) is 10.4. The van der Waals surface area contributed by atoms with Crippen LogP contribution in [0.2, 0.25) is 0 Å². The third-order valence-corrected chi connectivity index (χ3v) is 2.06.